The number of hydrogen-bond donors (Lipinski definition) is 0. The van der Waals surface area contributed by atoms with Gasteiger partial charge in [-0.2, -0.15) is 0 Å². The van der Waals surface area contributed by atoms with Gasteiger partial charge in [-0.3, -0.25) is 4.79 Å². The van der Waals surface area contributed by atoms with Gasteiger partial charge in [-0.1, -0.05) is 35.5 Å². The number of benzene rings is 2. The number of amides is 1. The summed E-state index contributed by atoms with van der Waals surface area (Å²) in [4.78, 5) is 26.6. The Bertz CT molecular complexity index is 990. The molecule has 0 radical (unpaired) electrons. The first-order chi connectivity index (χ1) is 14.4. The summed E-state index contributed by atoms with van der Waals surface area (Å²) in [5.74, 6) is 0.408. The van der Waals surface area contributed by atoms with Gasteiger partial charge in [0, 0.05) is 19.7 Å². The van der Waals surface area contributed by atoms with Gasteiger partial charge in [0.05, 0.1) is 16.8 Å². The predicted octanol–water partition coefficient (Wildman–Crippen LogP) is 3.86. The first-order valence-electron chi connectivity index (χ1n) is 9.48. The number of likely N-dealkylation sites (N-methyl/N-ethyl adjacent to an activating group) is 1. The van der Waals surface area contributed by atoms with Crippen molar-refractivity contribution in [2.75, 3.05) is 14.1 Å². The van der Waals surface area contributed by atoms with E-state index in [-0.39, 0.29) is 5.91 Å². The third-order valence-electron chi connectivity index (χ3n) is 4.65. The van der Waals surface area contributed by atoms with E-state index in [1.165, 1.54) is 4.90 Å². The quantitative estimate of drug-likeness (QED) is 0.552. The molecule has 1 aromatic heterocycles. The van der Waals surface area contributed by atoms with Crippen LogP contribution in [0.2, 0.25) is 0 Å². The Morgan fingerprint density at radius 3 is 2.27 bits per heavy atom. The number of nitrogens with zero attached hydrogens (tertiary/aromatic N) is 2. The maximum Gasteiger partial charge on any atom is 0.339 e. The molecule has 0 fully saturated rings. The van der Waals surface area contributed by atoms with Gasteiger partial charge in [0.25, 0.3) is 5.91 Å². The molecule has 0 saturated carbocycles. The summed E-state index contributed by atoms with van der Waals surface area (Å²) in [6, 6.07) is 15.5. The van der Waals surface area contributed by atoms with Crippen LogP contribution in [0.5, 0.6) is 5.75 Å². The minimum absolute atomic E-state index is 0.311. The Balaban J connectivity index is 1.69. The van der Waals surface area contributed by atoms with E-state index in [0.29, 0.717) is 29.2 Å². The zero-order chi connectivity index (χ0) is 21.7. The summed E-state index contributed by atoms with van der Waals surface area (Å²) in [5, 5.41) is 3.90. The minimum atomic E-state index is -1.01. The molecule has 0 aliphatic carbocycles. The van der Waals surface area contributed by atoms with Gasteiger partial charge in [0.1, 0.15) is 18.1 Å². The summed E-state index contributed by atoms with van der Waals surface area (Å²) in [6.45, 7) is 4.00. The molecule has 0 aliphatic heterocycles. The number of esters is 1. The van der Waals surface area contributed by atoms with Gasteiger partial charge < -0.3 is 18.9 Å². The standard InChI is InChI=1S/C23H24N2O5/c1-15-20(16(2)30-24-15)14-28-19-12-10-18(11-13-19)23(27)29-21(22(26)25(3)4)17-8-6-5-7-9-17/h5-13,21H,14H2,1-4H3/t21-/m0/s1. The Morgan fingerprint density at radius 2 is 1.70 bits per heavy atom. The first kappa shape index (κ1) is 21.1. The minimum Gasteiger partial charge on any atom is -0.489 e. The SMILES string of the molecule is Cc1noc(C)c1COc1ccc(C(=O)O[C@H](C(=O)N(C)C)c2ccccc2)cc1. The highest BCUT2D eigenvalue weighted by Crippen LogP contribution is 2.23. The van der Waals surface area contributed by atoms with Crippen molar-refractivity contribution in [3.05, 3.63) is 82.7 Å². The summed E-state index contributed by atoms with van der Waals surface area (Å²) < 4.78 is 16.4. The molecule has 1 heterocycles. The first-order valence-corrected chi connectivity index (χ1v) is 9.48. The lowest BCUT2D eigenvalue weighted by atomic mass is 10.1. The molecule has 0 spiro atoms. The number of carbonyl (C=O) groups excluding carboxylic acids is 2. The molecule has 2 aromatic carbocycles. The van der Waals surface area contributed by atoms with Crippen LogP contribution in [-0.2, 0) is 16.1 Å². The molecule has 1 amide bonds. The van der Waals surface area contributed by atoms with Crippen LogP contribution >= 0.6 is 0 Å². The summed E-state index contributed by atoms with van der Waals surface area (Å²) in [6.07, 6.45) is -1.01. The Hall–Kier alpha value is -3.61. The second-order valence-electron chi connectivity index (χ2n) is 7.04. The number of aryl methyl sites for hydroxylation is 2. The molecule has 30 heavy (non-hydrogen) atoms. The zero-order valence-electron chi connectivity index (χ0n) is 17.4. The average molecular weight is 408 g/mol. The van der Waals surface area contributed by atoms with E-state index in [4.69, 9.17) is 14.0 Å². The second-order valence-corrected chi connectivity index (χ2v) is 7.04. The Labute approximate surface area is 175 Å². The highest BCUT2D eigenvalue weighted by Gasteiger charge is 2.27. The fourth-order valence-corrected chi connectivity index (χ4v) is 2.85. The topological polar surface area (TPSA) is 81.9 Å². The smallest absolute Gasteiger partial charge is 0.339 e. The molecule has 1 atom stereocenters. The maximum atomic E-state index is 12.6. The molecule has 0 saturated heterocycles. The predicted molar refractivity (Wildman–Crippen MR) is 110 cm³/mol. The zero-order valence-corrected chi connectivity index (χ0v) is 17.4. The van der Waals surface area contributed by atoms with Crippen molar-refractivity contribution in [2.45, 2.75) is 26.6 Å². The fraction of sp³-hybridized carbons (Fsp3) is 0.261. The Kier molecular flexibility index (Phi) is 6.51. The van der Waals surface area contributed by atoms with Gasteiger partial charge in [0.15, 0.2) is 0 Å². The van der Waals surface area contributed by atoms with Crippen molar-refractivity contribution in [3.63, 3.8) is 0 Å². The number of hydrogen-bond acceptors (Lipinski definition) is 6. The fourth-order valence-electron chi connectivity index (χ4n) is 2.85. The van der Waals surface area contributed by atoms with Crippen LogP contribution in [0.4, 0.5) is 0 Å². The molecular weight excluding hydrogens is 384 g/mol. The van der Waals surface area contributed by atoms with E-state index < -0.39 is 12.1 Å². The summed E-state index contributed by atoms with van der Waals surface area (Å²) in [7, 11) is 3.24. The van der Waals surface area contributed by atoms with Crippen LogP contribution < -0.4 is 4.74 Å². The van der Waals surface area contributed by atoms with Crippen molar-refractivity contribution in [2.24, 2.45) is 0 Å². The van der Waals surface area contributed by atoms with Crippen molar-refractivity contribution in [3.8, 4) is 5.75 Å². The lowest BCUT2D eigenvalue weighted by Gasteiger charge is -2.21. The van der Waals surface area contributed by atoms with Crippen molar-refractivity contribution in [1.82, 2.24) is 10.1 Å². The monoisotopic (exact) mass is 408 g/mol. The highest BCUT2D eigenvalue weighted by molar-refractivity contribution is 5.92. The number of ether oxygens (including phenoxy) is 2. The van der Waals surface area contributed by atoms with Crippen molar-refractivity contribution >= 4 is 11.9 Å². The molecular formula is C23H24N2O5. The number of aromatic nitrogens is 1. The van der Waals surface area contributed by atoms with Crippen LogP contribution in [0.25, 0.3) is 0 Å². The van der Waals surface area contributed by atoms with Crippen LogP contribution in [0, 0.1) is 13.8 Å². The van der Waals surface area contributed by atoms with Crippen molar-refractivity contribution < 1.29 is 23.6 Å². The van der Waals surface area contributed by atoms with E-state index >= 15 is 0 Å². The van der Waals surface area contributed by atoms with Crippen LogP contribution in [0.3, 0.4) is 0 Å². The summed E-state index contributed by atoms with van der Waals surface area (Å²) in [5.41, 5.74) is 2.62. The maximum absolute atomic E-state index is 12.6. The lowest BCUT2D eigenvalue weighted by molar-refractivity contribution is -0.138. The van der Waals surface area contributed by atoms with Crippen LogP contribution in [-0.4, -0.2) is 36.0 Å². The third kappa shape index (κ3) is 4.86. The average Bonchev–Trinajstić information content (AvgIpc) is 3.08. The molecule has 156 valence electrons. The molecule has 0 unspecified atom stereocenters. The molecule has 7 nitrogen and oxygen atoms in total. The van der Waals surface area contributed by atoms with Gasteiger partial charge in [-0.05, 0) is 38.1 Å². The van der Waals surface area contributed by atoms with E-state index in [1.807, 2.05) is 19.9 Å². The van der Waals surface area contributed by atoms with E-state index in [1.54, 1.807) is 62.6 Å². The van der Waals surface area contributed by atoms with Gasteiger partial charge in [-0.25, -0.2) is 4.79 Å². The summed E-state index contributed by atoms with van der Waals surface area (Å²) >= 11 is 0. The number of rotatable bonds is 7. The van der Waals surface area contributed by atoms with Crippen molar-refractivity contribution in [1.29, 1.82) is 0 Å². The molecule has 0 aliphatic rings. The number of carbonyl (C=O) groups is 2. The molecule has 3 rings (SSSR count). The third-order valence-corrected chi connectivity index (χ3v) is 4.65. The van der Waals surface area contributed by atoms with Crippen LogP contribution in [0.15, 0.2) is 59.1 Å². The van der Waals surface area contributed by atoms with E-state index in [2.05, 4.69) is 5.16 Å². The van der Waals surface area contributed by atoms with Gasteiger partial charge >= 0.3 is 5.97 Å². The molecule has 0 N–H and O–H groups in total. The van der Waals surface area contributed by atoms with E-state index in [0.717, 1.165) is 11.3 Å². The van der Waals surface area contributed by atoms with E-state index in [9.17, 15) is 9.59 Å². The van der Waals surface area contributed by atoms with Gasteiger partial charge in [-0.15, -0.1) is 0 Å². The highest BCUT2D eigenvalue weighted by atomic mass is 16.5. The molecule has 0 bridgehead atoms. The lowest BCUT2D eigenvalue weighted by Crippen LogP contribution is -2.31. The molecule has 3 aromatic rings. The normalized spacial score (nSPS) is 11.6. The van der Waals surface area contributed by atoms with Gasteiger partial charge in [0.2, 0.25) is 6.10 Å². The Morgan fingerprint density at radius 1 is 1.03 bits per heavy atom. The van der Waals surface area contributed by atoms with Crippen LogP contribution in [0.1, 0.15) is 39.0 Å². The second kappa shape index (κ2) is 9.26. The molecule has 7 heteroatoms. The largest absolute Gasteiger partial charge is 0.489 e.